The largest absolute Gasteiger partial charge is 0.408 e. The summed E-state index contributed by atoms with van der Waals surface area (Å²) in [6, 6.07) is -1.68. The molecule has 0 aromatic rings. The van der Waals surface area contributed by atoms with Crippen LogP contribution in [0.25, 0.3) is 0 Å². The van der Waals surface area contributed by atoms with Crippen molar-refractivity contribution in [3.05, 3.63) is 0 Å². The second kappa shape index (κ2) is 5.74. The molecule has 0 aromatic heterocycles. The molecule has 3 atom stereocenters. The monoisotopic (exact) mass is 290 g/mol. The third kappa shape index (κ3) is 3.73. The van der Waals surface area contributed by atoms with Gasteiger partial charge in [-0.15, -0.1) is 0 Å². The van der Waals surface area contributed by atoms with E-state index < -0.39 is 24.0 Å². The van der Waals surface area contributed by atoms with E-state index in [-0.39, 0.29) is 11.8 Å². The molecule has 2 saturated carbocycles. The maximum atomic E-state index is 12.9. The summed E-state index contributed by atoms with van der Waals surface area (Å²) in [5, 5.41) is 9.84. The molecule has 0 heterocycles. The van der Waals surface area contributed by atoms with Crippen LogP contribution in [-0.4, -0.2) is 23.8 Å². The first-order valence-corrected chi connectivity index (χ1v) is 7.21. The Morgan fingerprint density at radius 1 is 1.20 bits per heavy atom. The molecule has 0 bridgehead atoms. The van der Waals surface area contributed by atoms with Crippen molar-refractivity contribution >= 4 is 11.6 Å². The lowest BCUT2D eigenvalue weighted by molar-refractivity contribution is -0.167. The van der Waals surface area contributed by atoms with Crippen molar-refractivity contribution in [1.29, 1.82) is 5.41 Å². The third-order valence-corrected chi connectivity index (χ3v) is 4.40. The molecular formula is C14H21F3N2O. The van der Waals surface area contributed by atoms with Crippen molar-refractivity contribution in [3.8, 4) is 0 Å². The standard InChI is InChI=1S/C14H21F3N2O/c1-8(18)10-3-2-4-11(7-10)13(20)19-12(9-5-6-9)14(15,16)17/h9-12,18H,2-7H2,1H3,(H,19,20)/t10?,11-,12-/m1/s1. The van der Waals surface area contributed by atoms with E-state index in [0.717, 1.165) is 12.8 Å². The van der Waals surface area contributed by atoms with Crippen molar-refractivity contribution in [3.63, 3.8) is 0 Å². The number of amides is 1. The third-order valence-electron chi connectivity index (χ3n) is 4.40. The van der Waals surface area contributed by atoms with Gasteiger partial charge in [0.25, 0.3) is 0 Å². The summed E-state index contributed by atoms with van der Waals surface area (Å²) in [7, 11) is 0. The molecule has 0 aromatic carbocycles. The van der Waals surface area contributed by atoms with Crippen LogP contribution in [0.15, 0.2) is 0 Å². The number of hydrogen-bond donors (Lipinski definition) is 2. The van der Waals surface area contributed by atoms with Gasteiger partial charge in [0, 0.05) is 11.6 Å². The lowest BCUT2D eigenvalue weighted by Crippen LogP contribution is -2.49. The van der Waals surface area contributed by atoms with E-state index in [9.17, 15) is 18.0 Å². The summed E-state index contributed by atoms with van der Waals surface area (Å²) in [4.78, 5) is 12.1. The van der Waals surface area contributed by atoms with Crippen molar-refractivity contribution in [2.45, 2.75) is 57.7 Å². The van der Waals surface area contributed by atoms with Gasteiger partial charge in [-0.3, -0.25) is 4.79 Å². The van der Waals surface area contributed by atoms with E-state index in [1.54, 1.807) is 6.92 Å². The molecule has 0 spiro atoms. The lowest BCUT2D eigenvalue weighted by atomic mass is 9.79. The highest BCUT2D eigenvalue weighted by atomic mass is 19.4. The fourth-order valence-corrected chi connectivity index (χ4v) is 2.99. The Morgan fingerprint density at radius 2 is 1.80 bits per heavy atom. The second-order valence-corrected chi connectivity index (χ2v) is 6.11. The molecule has 6 heteroatoms. The number of hydrogen-bond acceptors (Lipinski definition) is 2. The van der Waals surface area contributed by atoms with Crippen LogP contribution in [0.5, 0.6) is 0 Å². The van der Waals surface area contributed by atoms with E-state index in [0.29, 0.717) is 31.4 Å². The van der Waals surface area contributed by atoms with Gasteiger partial charge < -0.3 is 10.7 Å². The molecule has 2 N–H and O–H groups in total. The Kier molecular flexibility index (Phi) is 4.39. The van der Waals surface area contributed by atoms with Crippen molar-refractivity contribution in [2.75, 3.05) is 0 Å². The fourth-order valence-electron chi connectivity index (χ4n) is 2.99. The molecule has 1 unspecified atom stereocenters. The Labute approximate surface area is 116 Å². The molecule has 114 valence electrons. The minimum absolute atomic E-state index is 0.0461. The van der Waals surface area contributed by atoms with Gasteiger partial charge in [0.15, 0.2) is 0 Å². The molecule has 2 rings (SSSR count). The summed E-state index contributed by atoms with van der Waals surface area (Å²) in [5.74, 6) is -1.25. The van der Waals surface area contributed by atoms with Gasteiger partial charge in [-0.2, -0.15) is 13.2 Å². The van der Waals surface area contributed by atoms with Crippen molar-refractivity contribution in [2.24, 2.45) is 17.8 Å². The van der Waals surface area contributed by atoms with Crippen LogP contribution in [0.1, 0.15) is 45.4 Å². The normalized spacial score (nSPS) is 28.8. The Morgan fingerprint density at radius 3 is 2.30 bits per heavy atom. The van der Waals surface area contributed by atoms with Crippen LogP contribution < -0.4 is 5.32 Å². The van der Waals surface area contributed by atoms with E-state index in [4.69, 9.17) is 5.41 Å². The molecular weight excluding hydrogens is 269 g/mol. The average molecular weight is 290 g/mol. The number of carbonyl (C=O) groups is 1. The van der Waals surface area contributed by atoms with Gasteiger partial charge in [0.1, 0.15) is 6.04 Å². The van der Waals surface area contributed by atoms with Crippen LogP contribution in [0.4, 0.5) is 13.2 Å². The number of alkyl halides is 3. The maximum Gasteiger partial charge on any atom is 0.408 e. The van der Waals surface area contributed by atoms with Gasteiger partial charge in [-0.1, -0.05) is 6.42 Å². The number of nitrogens with one attached hydrogen (secondary N) is 2. The summed E-state index contributed by atoms with van der Waals surface area (Å²) in [6.45, 7) is 1.70. The van der Waals surface area contributed by atoms with Crippen LogP contribution in [-0.2, 0) is 4.79 Å². The Hall–Kier alpha value is -1.07. The predicted molar refractivity (Wildman–Crippen MR) is 69.6 cm³/mol. The Bertz CT molecular complexity index is 390. The molecule has 0 saturated heterocycles. The zero-order chi connectivity index (χ0) is 14.9. The second-order valence-electron chi connectivity index (χ2n) is 6.11. The first kappa shape index (κ1) is 15.3. The number of rotatable bonds is 4. The highest BCUT2D eigenvalue weighted by Crippen LogP contribution is 2.40. The van der Waals surface area contributed by atoms with Gasteiger partial charge in [-0.25, -0.2) is 0 Å². The SMILES string of the molecule is CC(=N)C1CCC[C@@H](C(=O)N[C@H](C2CC2)C(F)(F)F)C1. The number of halogens is 3. The average Bonchev–Trinajstić information content (AvgIpc) is 3.18. The van der Waals surface area contributed by atoms with Crippen LogP contribution in [0.2, 0.25) is 0 Å². The van der Waals surface area contributed by atoms with Gasteiger partial charge >= 0.3 is 6.18 Å². The van der Waals surface area contributed by atoms with Crippen molar-refractivity contribution in [1.82, 2.24) is 5.32 Å². The highest BCUT2D eigenvalue weighted by molar-refractivity contribution is 5.84. The minimum atomic E-state index is -4.36. The summed E-state index contributed by atoms with van der Waals surface area (Å²) < 4.78 is 38.7. The first-order chi connectivity index (χ1) is 9.29. The zero-order valence-electron chi connectivity index (χ0n) is 11.6. The first-order valence-electron chi connectivity index (χ1n) is 7.21. The van der Waals surface area contributed by atoms with Gasteiger partial charge in [0.2, 0.25) is 5.91 Å². The van der Waals surface area contributed by atoms with Crippen LogP contribution >= 0.6 is 0 Å². The van der Waals surface area contributed by atoms with Crippen molar-refractivity contribution < 1.29 is 18.0 Å². The summed E-state index contributed by atoms with van der Waals surface area (Å²) in [6.07, 6.45) is -0.470. The van der Waals surface area contributed by atoms with E-state index in [1.807, 2.05) is 0 Å². The molecule has 0 radical (unpaired) electrons. The quantitative estimate of drug-likeness (QED) is 0.767. The van der Waals surface area contributed by atoms with Gasteiger partial charge in [0.05, 0.1) is 0 Å². The topological polar surface area (TPSA) is 53.0 Å². The summed E-state index contributed by atoms with van der Waals surface area (Å²) >= 11 is 0. The van der Waals surface area contributed by atoms with Crippen LogP contribution in [0.3, 0.4) is 0 Å². The smallest absolute Gasteiger partial charge is 0.344 e. The van der Waals surface area contributed by atoms with Gasteiger partial charge in [-0.05, 0) is 50.9 Å². The highest BCUT2D eigenvalue weighted by Gasteiger charge is 2.50. The minimum Gasteiger partial charge on any atom is -0.344 e. The van der Waals surface area contributed by atoms with E-state index in [1.165, 1.54) is 0 Å². The van der Waals surface area contributed by atoms with E-state index in [2.05, 4.69) is 5.32 Å². The number of carbonyl (C=O) groups excluding carboxylic acids is 1. The molecule has 0 aliphatic heterocycles. The molecule has 1 amide bonds. The lowest BCUT2D eigenvalue weighted by Gasteiger charge is -2.30. The maximum absolute atomic E-state index is 12.9. The molecule has 2 aliphatic carbocycles. The zero-order valence-corrected chi connectivity index (χ0v) is 11.6. The fraction of sp³-hybridized carbons (Fsp3) is 0.857. The Balaban J connectivity index is 1.94. The summed E-state index contributed by atoms with van der Waals surface area (Å²) in [5.41, 5.74) is 0.525. The van der Waals surface area contributed by atoms with E-state index >= 15 is 0 Å². The molecule has 3 nitrogen and oxygen atoms in total. The predicted octanol–water partition coefficient (Wildman–Crippen LogP) is 3.29. The molecule has 2 aliphatic rings. The van der Waals surface area contributed by atoms with Crippen LogP contribution in [0, 0.1) is 23.2 Å². The molecule has 2 fully saturated rings. The molecule has 20 heavy (non-hydrogen) atoms.